The number of fused-ring (bicyclic) bond motifs is 1. The second kappa shape index (κ2) is 6.20. The lowest BCUT2D eigenvalue weighted by Gasteiger charge is -2.22. The van der Waals surface area contributed by atoms with E-state index < -0.39 is 17.6 Å². The summed E-state index contributed by atoms with van der Waals surface area (Å²) in [5.41, 5.74) is -0.469. The molecule has 1 aromatic heterocycles. The molecule has 128 valence electrons. The summed E-state index contributed by atoms with van der Waals surface area (Å²) in [5.74, 6) is 0.300. The van der Waals surface area contributed by atoms with Gasteiger partial charge in [0.2, 0.25) is 0 Å². The number of rotatable bonds is 1. The number of hydrogen-bond donors (Lipinski definition) is 0. The van der Waals surface area contributed by atoms with Crippen molar-refractivity contribution >= 4 is 23.4 Å². The van der Waals surface area contributed by atoms with Crippen LogP contribution in [-0.4, -0.2) is 17.7 Å². The van der Waals surface area contributed by atoms with Gasteiger partial charge in [-0.05, 0) is 43.7 Å². The first-order valence-corrected chi connectivity index (χ1v) is 8.40. The predicted molar refractivity (Wildman–Crippen MR) is 86.5 cm³/mol. The van der Waals surface area contributed by atoms with Crippen molar-refractivity contribution < 1.29 is 22.4 Å². The fourth-order valence-corrected chi connectivity index (χ4v) is 3.70. The molecule has 0 radical (unpaired) electrons. The number of carbonyl (C=O) groups is 1. The van der Waals surface area contributed by atoms with E-state index in [0.29, 0.717) is 29.3 Å². The first-order valence-electron chi connectivity index (χ1n) is 7.52. The molecule has 0 aliphatic carbocycles. The Labute approximate surface area is 141 Å². The van der Waals surface area contributed by atoms with Crippen LogP contribution in [0.4, 0.5) is 18.9 Å². The smallest absolute Gasteiger partial charge is 0.416 e. The maximum Gasteiger partial charge on any atom is 0.416 e. The summed E-state index contributed by atoms with van der Waals surface area (Å²) in [6.07, 6.45) is -3.76. The molecule has 0 saturated carbocycles. The normalized spacial score (nSPS) is 18.2. The van der Waals surface area contributed by atoms with E-state index in [2.05, 4.69) is 0 Å². The standard InChI is InChI=1S/C17H16F3NO2S/c1-10-3-5-14(23-10)16(22)21-8-7-11(2)24-15-6-4-12(9-13(15)21)17(18,19)20/h3-6,9,11H,7-8H2,1-2H3/t11-/m1/s1. The maximum atomic E-state index is 13.1. The molecule has 0 saturated heterocycles. The Morgan fingerprint density at radius 2 is 2.04 bits per heavy atom. The number of thioether (sulfide) groups is 1. The van der Waals surface area contributed by atoms with Gasteiger partial charge in [0.1, 0.15) is 5.76 Å². The minimum atomic E-state index is -4.45. The summed E-state index contributed by atoms with van der Waals surface area (Å²) in [4.78, 5) is 14.8. The van der Waals surface area contributed by atoms with Gasteiger partial charge in [0.15, 0.2) is 5.76 Å². The van der Waals surface area contributed by atoms with Crippen LogP contribution in [0.5, 0.6) is 0 Å². The number of hydrogen-bond acceptors (Lipinski definition) is 3. The fraction of sp³-hybridized carbons (Fsp3) is 0.353. The van der Waals surface area contributed by atoms with Crippen LogP contribution < -0.4 is 4.90 Å². The molecular weight excluding hydrogens is 339 g/mol. The lowest BCUT2D eigenvalue weighted by atomic mass is 10.1. The summed E-state index contributed by atoms with van der Waals surface area (Å²) in [6, 6.07) is 6.76. The highest BCUT2D eigenvalue weighted by molar-refractivity contribution is 8.00. The van der Waals surface area contributed by atoms with E-state index in [-0.39, 0.29) is 11.0 Å². The highest BCUT2D eigenvalue weighted by atomic mass is 32.2. The Kier molecular flexibility index (Phi) is 4.38. The molecule has 1 aliphatic heterocycles. The summed E-state index contributed by atoms with van der Waals surface area (Å²) in [7, 11) is 0. The maximum absolute atomic E-state index is 13.1. The number of alkyl halides is 3. The van der Waals surface area contributed by atoms with Crippen molar-refractivity contribution in [1.82, 2.24) is 0 Å². The summed E-state index contributed by atoms with van der Waals surface area (Å²) < 4.78 is 44.5. The minimum Gasteiger partial charge on any atom is -0.456 e. The third kappa shape index (κ3) is 3.31. The molecule has 0 N–H and O–H groups in total. The molecule has 1 amide bonds. The van der Waals surface area contributed by atoms with Crippen molar-refractivity contribution in [2.75, 3.05) is 11.4 Å². The summed E-state index contributed by atoms with van der Waals surface area (Å²) >= 11 is 1.48. The van der Waals surface area contributed by atoms with Crippen LogP contribution in [-0.2, 0) is 6.18 Å². The van der Waals surface area contributed by atoms with Gasteiger partial charge < -0.3 is 9.32 Å². The van der Waals surface area contributed by atoms with Gasteiger partial charge in [-0.15, -0.1) is 11.8 Å². The second-order valence-corrected chi connectivity index (χ2v) is 7.24. The van der Waals surface area contributed by atoms with Crippen LogP contribution >= 0.6 is 11.8 Å². The molecule has 2 heterocycles. The second-order valence-electron chi connectivity index (χ2n) is 5.76. The van der Waals surface area contributed by atoms with Crippen LogP contribution in [0.3, 0.4) is 0 Å². The average Bonchev–Trinajstić information content (AvgIpc) is 2.86. The van der Waals surface area contributed by atoms with Crippen LogP contribution in [0.25, 0.3) is 0 Å². The molecule has 3 rings (SSSR count). The van der Waals surface area contributed by atoms with Gasteiger partial charge in [0.25, 0.3) is 5.91 Å². The lowest BCUT2D eigenvalue weighted by Crippen LogP contribution is -2.32. The molecule has 7 heteroatoms. The van der Waals surface area contributed by atoms with E-state index in [1.807, 2.05) is 6.92 Å². The van der Waals surface area contributed by atoms with Crippen LogP contribution in [0.15, 0.2) is 39.6 Å². The number of nitrogens with zero attached hydrogens (tertiary/aromatic N) is 1. The van der Waals surface area contributed by atoms with E-state index in [4.69, 9.17) is 4.42 Å². The zero-order valence-corrected chi connectivity index (χ0v) is 14.0. The quantitative estimate of drug-likeness (QED) is 0.710. The molecule has 1 aromatic carbocycles. The van der Waals surface area contributed by atoms with E-state index in [1.54, 1.807) is 19.1 Å². The first kappa shape index (κ1) is 17.0. The van der Waals surface area contributed by atoms with Gasteiger partial charge in [0, 0.05) is 16.7 Å². The molecule has 2 aromatic rings. The van der Waals surface area contributed by atoms with Gasteiger partial charge in [-0.1, -0.05) is 6.92 Å². The SMILES string of the molecule is Cc1ccc(C(=O)N2CC[C@@H](C)Sc3ccc(C(F)(F)F)cc32)o1. The number of benzene rings is 1. The van der Waals surface area contributed by atoms with Crippen molar-refractivity contribution in [2.45, 2.75) is 36.6 Å². The molecule has 24 heavy (non-hydrogen) atoms. The van der Waals surface area contributed by atoms with E-state index in [9.17, 15) is 18.0 Å². The highest BCUT2D eigenvalue weighted by Crippen LogP contribution is 2.41. The Bertz CT molecular complexity index is 769. The zero-order valence-electron chi connectivity index (χ0n) is 13.2. The molecule has 3 nitrogen and oxygen atoms in total. The average molecular weight is 355 g/mol. The van der Waals surface area contributed by atoms with Crippen LogP contribution in [0.1, 0.15) is 35.2 Å². The van der Waals surface area contributed by atoms with Crippen LogP contribution in [0.2, 0.25) is 0 Å². The third-order valence-corrected chi connectivity index (χ3v) is 5.10. The zero-order chi connectivity index (χ0) is 17.5. The molecule has 1 atom stereocenters. The van der Waals surface area contributed by atoms with Crippen molar-refractivity contribution in [3.05, 3.63) is 47.4 Å². The van der Waals surface area contributed by atoms with Crippen molar-refractivity contribution in [3.63, 3.8) is 0 Å². The van der Waals surface area contributed by atoms with Gasteiger partial charge in [-0.25, -0.2) is 0 Å². The third-order valence-electron chi connectivity index (χ3n) is 3.86. The monoisotopic (exact) mass is 355 g/mol. The van der Waals surface area contributed by atoms with Crippen molar-refractivity contribution in [3.8, 4) is 0 Å². The van der Waals surface area contributed by atoms with Crippen molar-refractivity contribution in [2.24, 2.45) is 0 Å². The number of halogens is 3. The number of furan rings is 1. The fourth-order valence-electron chi connectivity index (χ4n) is 2.60. The molecular formula is C17H16F3NO2S. The molecule has 0 unspecified atom stereocenters. The molecule has 0 spiro atoms. The van der Waals surface area contributed by atoms with E-state index >= 15 is 0 Å². The van der Waals surface area contributed by atoms with Gasteiger partial charge in [-0.2, -0.15) is 13.2 Å². The minimum absolute atomic E-state index is 0.135. The predicted octanol–water partition coefficient (Wildman–Crippen LogP) is 5.14. The van der Waals surface area contributed by atoms with Gasteiger partial charge in [-0.3, -0.25) is 4.79 Å². The number of amides is 1. The van der Waals surface area contributed by atoms with Crippen LogP contribution in [0, 0.1) is 6.92 Å². The van der Waals surface area contributed by atoms with Gasteiger partial charge >= 0.3 is 6.18 Å². The Hall–Kier alpha value is -1.89. The summed E-state index contributed by atoms with van der Waals surface area (Å²) in [6.45, 7) is 4.06. The van der Waals surface area contributed by atoms with Crippen molar-refractivity contribution in [1.29, 1.82) is 0 Å². The molecule has 0 fully saturated rings. The number of anilines is 1. The van der Waals surface area contributed by atoms with Gasteiger partial charge in [0.05, 0.1) is 11.3 Å². The van der Waals surface area contributed by atoms with E-state index in [1.165, 1.54) is 22.7 Å². The largest absolute Gasteiger partial charge is 0.456 e. The molecule has 1 aliphatic rings. The first-order chi connectivity index (χ1) is 11.3. The number of aryl methyl sites for hydroxylation is 1. The van der Waals surface area contributed by atoms with E-state index in [0.717, 1.165) is 12.1 Å². The Morgan fingerprint density at radius 1 is 1.29 bits per heavy atom. The number of carbonyl (C=O) groups excluding carboxylic acids is 1. The highest BCUT2D eigenvalue weighted by Gasteiger charge is 2.34. The lowest BCUT2D eigenvalue weighted by molar-refractivity contribution is -0.137. The summed E-state index contributed by atoms with van der Waals surface area (Å²) in [5, 5.41) is 0.205. The Morgan fingerprint density at radius 3 is 2.67 bits per heavy atom. The molecule has 0 bridgehead atoms. The topological polar surface area (TPSA) is 33.5 Å². The Balaban J connectivity index is 2.06.